The molecule has 23 heavy (non-hydrogen) atoms. The summed E-state index contributed by atoms with van der Waals surface area (Å²) in [6.07, 6.45) is -0.0972. The molecule has 2 rings (SSSR count). The Labute approximate surface area is 136 Å². The van der Waals surface area contributed by atoms with Gasteiger partial charge < -0.3 is 9.64 Å². The SMILES string of the molecule is CCOc1ccc(N(Cc2ccccc2)C(=O)CC(C)=O)cc1. The first-order valence-electron chi connectivity index (χ1n) is 7.66. The lowest BCUT2D eigenvalue weighted by molar-refractivity contribution is -0.125. The third-order valence-corrected chi connectivity index (χ3v) is 3.34. The number of rotatable bonds is 7. The van der Waals surface area contributed by atoms with Crippen LogP contribution >= 0.6 is 0 Å². The Morgan fingerprint density at radius 1 is 1.00 bits per heavy atom. The van der Waals surface area contributed by atoms with Gasteiger partial charge >= 0.3 is 0 Å². The average Bonchev–Trinajstić information content (AvgIpc) is 2.54. The monoisotopic (exact) mass is 311 g/mol. The van der Waals surface area contributed by atoms with Crippen molar-refractivity contribution in [1.29, 1.82) is 0 Å². The van der Waals surface area contributed by atoms with E-state index in [4.69, 9.17) is 4.74 Å². The molecule has 0 bridgehead atoms. The van der Waals surface area contributed by atoms with E-state index in [1.165, 1.54) is 6.92 Å². The van der Waals surface area contributed by atoms with Gasteiger partial charge in [0.1, 0.15) is 11.5 Å². The molecule has 2 aromatic rings. The molecule has 0 spiro atoms. The Morgan fingerprint density at radius 3 is 2.22 bits per heavy atom. The van der Waals surface area contributed by atoms with E-state index in [1.54, 1.807) is 4.90 Å². The molecule has 2 aromatic carbocycles. The molecule has 0 aliphatic rings. The van der Waals surface area contributed by atoms with Gasteiger partial charge in [-0.1, -0.05) is 30.3 Å². The summed E-state index contributed by atoms with van der Waals surface area (Å²) in [5.74, 6) is 0.416. The van der Waals surface area contributed by atoms with Crippen LogP contribution in [0.25, 0.3) is 0 Å². The quantitative estimate of drug-likeness (QED) is 0.734. The molecule has 0 heterocycles. The van der Waals surface area contributed by atoms with Crippen LogP contribution in [0.1, 0.15) is 25.8 Å². The van der Waals surface area contributed by atoms with Crippen molar-refractivity contribution in [2.45, 2.75) is 26.8 Å². The number of nitrogens with zero attached hydrogens (tertiary/aromatic N) is 1. The van der Waals surface area contributed by atoms with Crippen LogP contribution in [0.4, 0.5) is 5.69 Å². The Bertz CT molecular complexity index is 650. The summed E-state index contributed by atoms with van der Waals surface area (Å²) in [5.41, 5.74) is 1.77. The second kappa shape index (κ2) is 8.13. The van der Waals surface area contributed by atoms with Gasteiger partial charge in [-0.3, -0.25) is 9.59 Å². The first-order chi connectivity index (χ1) is 11.1. The van der Waals surface area contributed by atoms with E-state index in [0.29, 0.717) is 13.2 Å². The molecule has 120 valence electrons. The second-order valence-electron chi connectivity index (χ2n) is 5.27. The number of ether oxygens (including phenoxy) is 1. The van der Waals surface area contributed by atoms with Crippen molar-refractivity contribution in [2.24, 2.45) is 0 Å². The van der Waals surface area contributed by atoms with Gasteiger partial charge in [0, 0.05) is 5.69 Å². The van der Waals surface area contributed by atoms with Gasteiger partial charge in [0.2, 0.25) is 5.91 Å². The Balaban J connectivity index is 2.24. The Kier molecular flexibility index (Phi) is 5.92. The molecule has 1 amide bonds. The first kappa shape index (κ1) is 16.7. The molecule has 0 unspecified atom stereocenters. The molecule has 0 radical (unpaired) electrons. The maximum absolute atomic E-state index is 12.4. The van der Waals surface area contributed by atoms with E-state index in [0.717, 1.165) is 17.0 Å². The summed E-state index contributed by atoms with van der Waals surface area (Å²) in [5, 5.41) is 0. The minimum absolute atomic E-state index is 0.0972. The number of hydrogen-bond acceptors (Lipinski definition) is 3. The maximum atomic E-state index is 12.4. The van der Waals surface area contributed by atoms with Crippen molar-refractivity contribution in [1.82, 2.24) is 0 Å². The molecule has 0 atom stereocenters. The Hall–Kier alpha value is -2.62. The standard InChI is InChI=1S/C19H21NO3/c1-3-23-18-11-9-17(10-12-18)20(19(22)13-15(2)21)14-16-7-5-4-6-8-16/h4-12H,3,13-14H2,1-2H3. The highest BCUT2D eigenvalue weighted by Crippen LogP contribution is 2.22. The summed E-state index contributed by atoms with van der Waals surface area (Å²) in [6, 6.07) is 17.1. The van der Waals surface area contributed by atoms with Gasteiger partial charge in [0.25, 0.3) is 0 Å². The van der Waals surface area contributed by atoms with Gasteiger partial charge in [-0.15, -0.1) is 0 Å². The average molecular weight is 311 g/mol. The van der Waals surface area contributed by atoms with Gasteiger partial charge in [-0.25, -0.2) is 0 Å². The van der Waals surface area contributed by atoms with Crippen LogP contribution in [0.3, 0.4) is 0 Å². The number of amides is 1. The zero-order chi connectivity index (χ0) is 16.7. The third kappa shape index (κ3) is 4.95. The molecular formula is C19H21NO3. The van der Waals surface area contributed by atoms with E-state index in [9.17, 15) is 9.59 Å². The van der Waals surface area contributed by atoms with E-state index in [-0.39, 0.29) is 18.1 Å². The van der Waals surface area contributed by atoms with Gasteiger partial charge in [-0.2, -0.15) is 0 Å². The summed E-state index contributed by atoms with van der Waals surface area (Å²) in [7, 11) is 0. The number of hydrogen-bond donors (Lipinski definition) is 0. The third-order valence-electron chi connectivity index (χ3n) is 3.34. The molecule has 0 fully saturated rings. The van der Waals surface area contributed by atoms with Crippen LogP contribution in [0, 0.1) is 0 Å². The van der Waals surface area contributed by atoms with Gasteiger partial charge in [0.05, 0.1) is 19.6 Å². The summed E-state index contributed by atoms with van der Waals surface area (Å²) in [6.45, 7) is 4.38. The van der Waals surface area contributed by atoms with Gasteiger partial charge in [-0.05, 0) is 43.7 Å². The van der Waals surface area contributed by atoms with Crippen molar-refractivity contribution in [3.63, 3.8) is 0 Å². The lowest BCUT2D eigenvalue weighted by Gasteiger charge is -2.23. The fourth-order valence-corrected chi connectivity index (χ4v) is 2.29. The largest absolute Gasteiger partial charge is 0.494 e. The van der Waals surface area contributed by atoms with Crippen molar-refractivity contribution in [3.8, 4) is 5.75 Å². The number of carbonyl (C=O) groups excluding carboxylic acids is 2. The number of carbonyl (C=O) groups is 2. The maximum Gasteiger partial charge on any atom is 0.234 e. The summed E-state index contributed by atoms with van der Waals surface area (Å²) < 4.78 is 5.43. The smallest absolute Gasteiger partial charge is 0.234 e. The van der Waals surface area contributed by atoms with Crippen molar-refractivity contribution >= 4 is 17.4 Å². The van der Waals surface area contributed by atoms with Gasteiger partial charge in [0.15, 0.2) is 0 Å². The molecular weight excluding hydrogens is 290 g/mol. The number of anilines is 1. The fraction of sp³-hybridized carbons (Fsp3) is 0.263. The highest BCUT2D eigenvalue weighted by molar-refractivity contribution is 6.04. The Morgan fingerprint density at radius 2 is 1.65 bits per heavy atom. The molecule has 0 saturated heterocycles. The predicted octanol–water partition coefficient (Wildman–Crippen LogP) is 3.60. The normalized spacial score (nSPS) is 10.2. The number of Topliss-reactive ketones (excluding diaryl/α,β-unsaturated/α-hetero) is 1. The summed E-state index contributed by atoms with van der Waals surface area (Å²) >= 11 is 0. The van der Waals surface area contributed by atoms with Crippen LogP contribution in [0.15, 0.2) is 54.6 Å². The van der Waals surface area contributed by atoms with Crippen LogP contribution in [0.2, 0.25) is 0 Å². The molecule has 0 saturated carbocycles. The minimum atomic E-state index is -0.203. The predicted molar refractivity (Wildman–Crippen MR) is 90.5 cm³/mol. The molecule has 0 N–H and O–H groups in total. The molecule has 4 heteroatoms. The second-order valence-corrected chi connectivity index (χ2v) is 5.27. The van der Waals surface area contributed by atoms with E-state index in [2.05, 4.69) is 0 Å². The first-order valence-corrected chi connectivity index (χ1v) is 7.66. The highest BCUT2D eigenvalue weighted by atomic mass is 16.5. The van der Waals surface area contributed by atoms with E-state index < -0.39 is 0 Å². The fourth-order valence-electron chi connectivity index (χ4n) is 2.29. The molecule has 0 aliphatic heterocycles. The molecule has 0 aromatic heterocycles. The van der Waals surface area contributed by atoms with Crippen molar-refractivity contribution in [2.75, 3.05) is 11.5 Å². The zero-order valence-electron chi connectivity index (χ0n) is 13.5. The molecule has 0 aliphatic carbocycles. The number of benzene rings is 2. The topological polar surface area (TPSA) is 46.6 Å². The minimum Gasteiger partial charge on any atom is -0.494 e. The van der Waals surface area contributed by atoms with Crippen molar-refractivity contribution < 1.29 is 14.3 Å². The lowest BCUT2D eigenvalue weighted by Crippen LogP contribution is -2.31. The van der Waals surface area contributed by atoms with Crippen LogP contribution < -0.4 is 9.64 Å². The van der Waals surface area contributed by atoms with E-state index >= 15 is 0 Å². The number of ketones is 1. The van der Waals surface area contributed by atoms with Crippen LogP contribution in [-0.2, 0) is 16.1 Å². The highest BCUT2D eigenvalue weighted by Gasteiger charge is 2.17. The lowest BCUT2D eigenvalue weighted by atomic mass is 10.1. The van der Waals surface area contributed by atoms with Crippen LogP contribution in [0.5, 0.6) is 5.75 Å². The zero-order valence-corrected chi connectivity index (χ0v) is 13.5. The van der Waals surface area contributed by atoms with Crippen LogP contribution in [-0.4, -0.2) is 18.3 Å². The van der Waals surface area contributed by atoms with Crippen molar-refractivity contribution in [3.05, 3.63) is 60.2 Å². The molecule has 4 nitrogen and oxygen atoms in total. The summed E-state index contributed by atoms with van der Waals surface area (Å²) in [4.78, 5) is 25.4. The van der Waals surface area contributed by atoms with E-state index in [1.807, 2.05) is 61.5 Å².